The van der Waals surface area contributed by atoms with Crippen molar-refractivity contribution in [3.05, 3.63) is 36.1 Å². The smallest absolute Gasteiger partial charge is 0.0458 e. The molecule has 0 aliphatic carbocycles. The molecule has 0 aliphatic rings. The first kappa shape index (κ1) is 14.7. The Balaban J connectivity index is 4.38. The standard InChI is InChI=1S/C14H24N2/c1-10(2)14(6)11(3)9-16-13(5)8-12(4)15-7/h8,11,15H,1,6,9H2,2-5,7H3/b12-8-,16-13-. The van der Waals surface area contributed by atoms with Crippen molar-refractivity contribution in [3.63, 3.8) is 0 Å². The van der Waals surface area contributed by atoms with Crippen LogP contribution in [-0.2, 0) is 0 Å². The minimum atomic E-state index is 0.357. The van der Waals surface area contributed by atoms with Crippen molar-refractivity contribution in [1.29, 1.82) is 0 Å². The number of allylic oxidation sites excluding steroid dienone is 3. The quantitative estimate of drug-likeness (QED) is 0.539. The average molecular weight is 220 g/mol. The maximum Gasteiger partial charge on any atom is 0.0458 e. The van der Waals surface area contributed by atoms with Crippen LogP contribution in [0.3, 0.4) is 0 Å². The van der Waals surface area contributed by atoms with E-state index < -0.39 is 0 Å². The van der Waals surface area contributed by atoms with E-state index in [9.17, 15) is 0 Å². The molecule has 0 bridgehead atoms. The minimum Gasteiger partial charge on any atom is -0.392 e. The van der Waals surface area contributed by atoms with Gasteiger partial charge in [0.2, 0.25) is 0 Å². The highest BCUT2D eigenvalue weighted by molar-refractivity contribution is 5.93. The molecule has 0 aromatic heterocycles. The van der Waals surface area contributed by atoms with Crippen molar-refractivity contribution >= 4 is 5.71 Å². The summed E-state index contributed by atoms with van der Waals surface area (Å²) < 4.78 is 0. The lowest BCUT2D eigenvalue weighted by Crippen LogP contribution is -2.07. The molecule has 0 heterocycles. The third-order valence-electron chi connectivity index (χ3n) is 2.58. The molecule has 90 valence electrons. The molecule has 2 nitrogen and oxygen atoms in total. The number of rotatable bonds is 6. The topological polar surface area (TPSA) is 24.4 Å². The Morgan fingerprint density at radius 1 is 1.31 bits per heavy atom. The van der Waals surface area contributed by atoms with Crippen LogP contribution in [0.25, 0.3) is 0 Å². The Labute approximate surface area is 99.9 Å². The van der Waals surface area contributed by atoms with Crippen LogP contribution in [-0.4, -0.2) is 19.3 Å². The summed E-state index contributed by atoms with van der Waals surface area (Å²) in [6.07, 6.45) is 2.04. The highest BCUT2D eigenvalue weighted by Gasteiger charge is 2.05. The summed E-state index contributed by atoms with van der Waals surface area (Å²) in [6.45, 7) is 16.8. The normalized spacial score (nSPS) is 14.6. The molecule has 0 spiro atoms. The van der Waals surface area contributed by atoms with Crippen LogP contribution in [0.1, 0.15) is 27.7 Å². The number of hydrogen-bond acceptors (Lipinski definition) is 2. The lowest BCUT2D eigenvalue weighted by Gasteiger charge is -2.12. The predicted octanol–water partition coefficient (Wildman–Crippen LogP) is 3.34. The predicted molar refractivity (Wildman–Crippen MR) is 73.9 cm³/mol. The van der Waals surface area contributed by atoms with E-state index in [1.165, 1.54) is 0 Å². The van der Waals surface area contributed by atoms with Gasteiger partial charge in [0, 0.05) is 30.9 Å². The van der Waals surface area contributed by atoms with E-state index in [-0.39, 0.29) is 0 Å². The molecule has 0 aromatic carbocycles. The van der Waals surface area contributed by atoms with Gasteiger partial charge in [-0.15, -0.1) is 0 Å². The molecule has 1 atom stereocenters. The van der Waals surface area contributed by atoms with E-state index in [0.29, 0.717) is 5.92 Å². The molecule has 0 saturated carbocycles. The van der Waals surface area contributed by atoms with E-state index in [2.05, 4.69) is 30.4 Å². The molecule has 2 heteroatoms. The molecule has 0 saturated heterocycles. The highest BCUT2D eigenvalue weighted by atomic mass is 14.8. The summed E-state index contributed by atoms with van der Waals surface area (Å²) in [5.74, 6) is 0.357. The summed E-state index contributed by atoms with van der Waals surface area (Å²) in [4.78, 5) is 4.51. The molecule has 0 amide bonds. The van der Waals surface area contributed by atoms with Gasteiger partial charge in [-0.25, -0.2) is 0 Å². The SMILES string of the molecule is C=C(C)C(=C)C(C)C/N=C(C)\C=C(\C)NC. The molecule has 16 heavy (non-hydrogen) atoms. The summed E-state index contributed by atoms with van der Waals surface area (Å²) >= 11 is 0. The van der Waals surface area contributed by atoms with Crippen LogP contribution < -0.4 is 5.32 Å². The van der Waals surface area contributed by atoms with Gasteiger partial charge in [-0.2, -0.15) is 0 Å². The van der Waals surface area contributed by atoms with Crippen molar-refractivity contribution < 1.29 is 0 Å². The Bertz CT molecular complexity index is 322. The zero-order valence-corrected chi connectivity index (χ0v) is 11.2. The van der Waals surface area contributed by atoms with E-state index in [1.807, 2.05) is 33.9 Å². The molecule has 0 aromatic rings. The van der Waals surface area contributed by atoms with E-state index in [1.54, 1.807) is 0 Å². The Kier molecular flexibility index (Phi) is 6.47. The molecule has 0 rings (SSSR count). The van der Waals surface area contributed by atoms with Crippen LogP contribution in [0.2, 0.25) is 0 Å². The van der Waals surface area contributed by atoms with Gasteiger partial charge in [0.15, 0.2) is 0 Å². The summed E-state index contributed by atoms with van der Waals surface area (Å²) in [5.41, 5.74) is 4.29. The summed E-state index contributed by atoms with van der Waals surface area (Å²) in [5, 5.41) is 3.07. The van der Waals surface area contributed by atoms with Gasteiger partial charge in [-0.05, 0) is 32.4 Å². The Morgan fingerprint density at radius 2 is 1.88 bits per heavy atom. The van der Waals surface area contributed by atoms with Crippen molar-refractivity contribution in [2.75, 3.05) is 13.6 Å². The summed E-state index contributed by atoms with van der Waals surface area (Å²) in [6, 6.07) is 0. The third-order valence-corrected chi connectivity index (χ3v) is 2.58. The molecule has 1 unspecified atom stereocenters. The fourth-order valence-electron chi connectivity index (χ4n) is 1.24. The first-order valence-electron chi connectivity index (χ1n) is 5.60. The molecule has 0 fully saturated rings. The van der Waals surface area contributed by atoms with Crippen LogP contribution in [0.15, 0.2) is 41.1 Å². The van der Waals surface area contributed by atoms with E-state index in [0.717, 1.165) is 29.1 Å². The second-order valence-electron chi connectivity index (χ2n) is 4.27. The third kappa shape index (κ3) is 5.54. The van der Waals surface area contributed by atoms with Gasteiger partial charge in [0.25, 0.3) is 0 Å². The fraction of sp³-hybridized carbons (Fsp3) is 0.500. The molecular formula is C14H24N2. The monoisotopic (exact) mass is 220 g/mol. The molecule has 1 N–H and O–H groups in total. The van der Waals surface area contributed by atoms with Crippen LogP contribution in [0, 0.1) is 5.92 Å². The summed E-state index contributed by atoms with van der Waals surface area (Å²) in [7, 11) is 1.91. The molecular weight excluding hydrogens is 196 g/mol. The van der Waals surface area contributed by atoms with E-state index in [4.69, 9.17) is 0 Å². The second kappa shape index (κ2) is 7.04. The van der Waals surface area contributed by atoms with Gasteiger partial charge in [0.1, 0.15) is 0 Å². The highest BCUT2D eigenvalue weighted by Crippen LogP contribution is 2.15. The Morgan fingerprint density at radius 3 is 2.31 bits per heavy atom. The van der Waals surface area contributed by atoms with Gasteiger partial charge < -0.3 is 5.32 Å². The lowest BCUT2D eigenvalue weighted by atomic mass is 9.97. The first-order valence-corrected chi connectivity index (χ1v) is 5.60. The van der Waals surface area contributed by atoms with Crippen molar-refractivity contribution in [2.24, 2.45) is 10.9 Å². The fourth-order valence-corrected chi connectivity index (χ4v) is 1.24. The number of aliphatic imine (C=N–C) groups is 1. The lowest BCUT2D eigenvalue weighted by molar-refractivity contribution is 0.705. The Hall–Kier alpha value is -1.31. The first-order chi connectivity index (χ1) is 7.38. The largest absolute Gasteiger partial charge is 0.392 e. The maximum absolute atomic E-state index is 4.51. The number of nitrogens with one attached hydrogen (secondary N) is 1. The van der Waals surface area contributed by atoms with Crippen LogP contribution in [0.4, 0.5) is 0 Å². The van der Waals surface area contributed by atoms with Crippen molar-refractivity contribution in [1.82, 2.24) is 5.32 Å². The van der Waals surface area contributed by atoms with Gasteiger partial charge >= 0.3 is 0 Å². The van der Waals surface area contributed by atoms with E-state index >= 15 is 0 Å². The van der Waals surface area contributed by atoms with Crippen molar-refractivity contribution in [3.8, 4) is 0 Å². The van der Waals surface area contributed by atoms with Gasteiger partial charge in [0.05, 0.1) is 0 Å². The van der Waals surface area contributed by atoms with Gasteiger partial charge in [-0.3, -0.25) is 4.99 Å². The second-order valence-corrected chi connectivity index (χ2v) is 4.27. The maximum atomic E-state index is 4.51. The van der Waals surface area contributed by atoms with Crippen LogP contribution in [0.5, 0.6) is 0 Å². The minimum absolute atomic E-state index is 0.357. The molecule has 0 aliphatic heterocycles. The average Bonchev–Trinajstić information content (AvgIpc) is 2.24. The van der Waals surface area contributed by atoms with Crippen molar-refractivity contribution in [2.45, 2.75) is 27.7 Å². The zero-order chi connectivity index (χ0) is 12.7. The zero-order valence-electron chi connectivity index (χ0n) is 11.2. The molecule has 0 radical (unpaired) electrons. The van der Waals surface area contributed by atoms with Crippen LogP contribution >= 0.6 is 0 Å². The number of nitrogens with zero attached hydrogens (tertiary/aromatic N) is 1. The number of hydrogen-bond donors (Lipinski definition) is 1. The van der Waals surface area contributed by atoms with Gasteiger partial charge in [-0.1, -0.05) is 25.7 Å².